The first-order chi connectivity index (χ1) is 14.8. The van der Waals surface area contributed by atoms with Crippen molar-refractivity contribution < 1.29 is 17.5 Å². The molecule has 5 nitrogen and oxygen atoms in total. The van der Waals surface area contributed by atoms with E-state index in [2.05, 4.69) is 0 Å². The molecule has 7 heteroatoms. The van der Waals surface area contributed by atoms with Crippen LogP contribution in [0.5, 0.6) is 5.75 Å². The van der Waals surface area contributed by atoms with E-state index >= 15 is 0 Å². The molecule has 4 rings (SSSR count). The zero-order valence-corrected chi connectivity index (χ0v) is 18.4. The highest BCUT2D eigenvalue weighted by atomic mass is 32.2. The smallest absolute Gasteiger partial charge is 0.268 e. The second-order valence-electron chi connectivity index (χ2n) is 7.46. The van der Waals surface area contributed by atoms with Gasteiger partial charge in [-0.2, -0.15) is 0 Å². The van der Waals surface area contributed by atoms with Crippen LogP contribution < -0.4 is 9.64 Å². The summed E-state index contributed by atoms with van der Waals surface area (Å²) in [6.45, 7) is 2.19. The summed E-state index contributed by atoms with van der Waals surface area (Å²) in [7, 11) is -0.564. The third-order valence-corrected chi connectivity index (χ3v) is 6.95. The monoisotopic (exact) mass is 438 g/mol. The number of nitrogens with zero attached hydrogens (tertiary/aromatic N) is 2. The Kier molecular flexibility index (Phi) is 5.45. The minimum Gasteiger partial charge on any atom is -0.497 e. The lowest BCUT2D eigenvalue weighted by Gasteiger charge is -2.20. The lowest BCUT2D eigenvalue weighted by molar-refractivity contribution is 0.413. The minimum atomic E-state index is -3.85. The normalized spacial score (nSPS) is 11.6. The van der Waals surface area contributed by atoms with Gasteiger partial charge in [-0.15, -0.1) is 0 Å². The maximum Gasteiger partial charge on any atom is 0.268 e. The fourth-order valence-electron chi connectivity index (χ4n) is 3.68. The molecule has 0 aliphatic rings. The molecule has 31 heavy (non-hydrogen) atoms. The van der Waals surface area contributed by atoms with Gasteiger partial charge in [-0.1, -0.05) is 30.3 Å². The maximum atomic E-state index is 14.5. The lowest BCUT2D eigenvalue weighted by Crippen LogP contribution is -2.18. The summed E-state index contributed by atoms with van der Waals surface area (Å²) in [6.07, 6.45) is 1.61. The molecule has 160 valence electrons. The number of benzene rings is 3. The van der Waals surface area contributed by atoms with E-state index in [1.54, 1.807) is 54.5 Å². The molecule has 0 bridgehead atoms. The van der Waals surface area contributed by atoms with Crippen molar-refractivity contribution in [3.8, 4) is 5.75 Å². The highest BCUT2D eigenvalue weighted by Crippen LogP contribution is 2.29. The minimum absolute atomic E-state index is 0.136. The second-order valence-corrected chi connectivity index (χ2v) is 9.28. The van der Waals surface area contributed by atoms with Crippen LogP contribution in [-0.4, -0.2) is 26.5 Å². The lowest BCUT2D eigenvalue weighted by atomic mass is 10.1. The van der Waals surface area contributed by atoms with Crippen molar-refractivity contribution >= 4 is 26.6 Å². The second kappa shape index (κ2) is 8.07. The van der Waals surface area contributed by atoms with Gasteiger partial charge in [0.2, 0.25) is 0 Å². The highest BCUT2D eigenvalue weighted by molar-refractivity contribution is 7.90. The number of methoxy groups -OCH3 is 1. The molecule has 0 fully saturated rings. The number of aromatic nitrogens is 1. The third-order valence-electron chi connectivity index (χ3n) is 5.28. The molecular formula is C24H23FN2O3S. The molecule has 0 atom stereocenters. The van der Waals surface area contributed by atoms with Crippen molar-refractivity contribution in [3.63, 3.8) is 0 Å². The molecule has 0 saturated heterocycles. The Morgan fingerprint density at radius 1 is 1.03 bits per heavy atom. The Morgan fingerprint density at radius 3 is 2.55 bits per heavy atom. The van der Waals surface area contributed by atoms with Gasteiger partial charge in [-0.05, 0) is 48.4 Å². The van der Waals surface area contributed by atoms with Crippen LogP contribution in [0.15, 0.2) is 77.8 Å². The van der Waals surface area contributed by atoms with Gasteiger partial charge >= 0.3 is 0 Å². The van der Waals surface area contributed by atoms with E-state index in [4.69, 9.17) is 4.74 Å². The SMILES string of the molecule is COc1cccc(S(=O)(=O)n2cc(CN(C)c3ccc(C)cc3F)c3ccccc32)c1. The summed E-state index contributed by atoms with van der Waals surface area (Å²) in [4.78, 5) is 1.91. The number of hydrogen-bond donors (Lipinski definition) is 0. The molecule has 0 radical (unpaired) electrons. The van der Waals surface area contributed by atoms with Crippen LogP contribution in [0.25, 0.3) is 10.9 Å². The Hall–Kier alpha value is -3.32. The van der Waals surface area contributed by atoms with Crippen LogP contribution in [-0.2, 0) is 16.6 Å². The Labute approximate surface area is 181 Å². The number of fused-ring (bicyclic) bond motifs is 1. The van der Waals surface area contributed by atoms with Crippen molar-refractivity contribution in [2.24, 2.45) is 0 Å². The average molecular weight is 439 g/mol. The van der Waals surface area contributed by atoms with Crippen molar-refractivity contribution in [1.29, 1.82) is 0 Å². The Bertz CT molecular complexity index is 1360. The van der Waals surface area contributed by atoms with Crippen LogP contribution in [0, 0.1) is 12.7 Å². The maximum absolute atomic E-state index is 14.5. The predicted octanol–water partition coefficient (Wildman–Crippen LogP) is 4.97. The molecule has 0 N–H and O–H groups in total. The molecule has 0 amide bonds. The van der Waals surface area contributed by atoms with E-state index in [9.17, 15) is 12.8 Å². The molecule has 4 aromatic rings. The molecular weight excluding hydrogens is 415 g/mol. The van der Waals surface area contributed by atoms with E-state index < -0.39 is 10.0 Å². The standard InChI is InChI=1S/C24H23FN2O3S/c1-17-11-12-24(22(25)13-17)26(2)15-18-16-27(23-10-5-4-9-21(18)23)31(28,29)20-8-6-7-19(14-20)30-3/h4-14,16H,15H2,1-3H3. The van der Waals surface area contributed by atoms with Crippen molar-refractivity contribution in [1.82, 2.24) is 3.97 Å². The molecule has 1 aromatic heterocycles. The van der Waals surface area contributed by atoms with Gasteiger partial charge in [0.15, 0.2) is 0 Å². The molecule has 0 saturated carbocycles. The number of rotatable bonds is 6. The molecule has 0 aliphatic carbocycles. The van der Waals surface area contributed by atoms with Crippen LogP contribution in [0.1, 0.15) is 11.1 Å². The largest absolute Gasteiger partial charge is 0.497 e. The van der Waals surface area contributed by atoms with Crippen LogP contribution in [0.3, 0.4) is 0 Å². The van der Waals surface area contributed by atoms with Gasteiger partial charge in [-0.3, -0.25) is 0 Å². The summed E-state index contributed by atoms with van der Waals surface area (Å²) in [5.74, 6) is 0.155. The van der Waals surface area contributed by atoms with Gasteiger partial charge in [0.1, 0.15) is 11.6 Å². The van der Waals surface area contributed by atoms with Crippen LogP contribution in [0.2, 0.25) is 0 Å². The first-order valence-electron chi connectivity index (χ1n) is 9.77. The van der Waals surface area contributed by atoms with Crippen molar-refractivity contribution in [2.45, 2.75) is 18.4 Å². The molecule has 3 aromatic carbocycles. The van der Waals surface area contributed by atoms with Crippen molar-refractivity contribution in [2.75, 3.05) is 19.1 Å². The summed E-state index contributed by atoms with van der Waals surface area (Å²) in [6, 6.07) is 18.8. The topological polar surface area (TPSA) is 51.5 Å². The van der Waals surface area contributed by atoms with E-state index in [1.165, 1.54) is 23.2 Å². The number of hydrogen-bond acceptors (Lipinski definition) is 4. The molecule has 0 spiro atoms. The van der Waals surface area contributed by atoms with Gasteiger partial charge in [0.05, 0.1) is 23.2 Å². The predicted molar refractivity (Wildman–Crippen MR) is 121 cm³/mol. The summed E-state index contributed by atoms with van der Waals surface area (Å²) < 4.78 is 47.7. The van der Waals surface area contributed by atoms with E-state index in [0.717, 1.165) is 16.5 Å². The molecule has 0 aliphatic heterocycles. The van der Waals surface area contributed by atoms with Gasteiger partial charge < -0.3 is 9.64 Å². The summed E-state index contributed by atoms with van der Waals surface area (Å²) >= 11 is 0. The van der Waals surface area contributed by atoms with Crippen LogP contribution in [0.4, 0.5) is 10.1 Å². The summed E-state index contributed by atoms with van der Waals surface area (Å²) in [5.41, 5.74) is 2.65. The fraction of sp³-hybridized carbons (Fsp3) is 0.167. The fourth-order valence-corrected chi connectivity index (χ4v) is 5.11. The quantitative estimate of drug-likeness (QED) is 0.427. The van der Waals surface area contributed by atoms with E-state index in [0.29, 0.717) is 23.5 Å². The first-order valence-corrected chi connectivity index (χ1v) is 11.2. The average Bonchev–Trinajstić information content (AvgIpc) is 3.13. The molecule has 1 heterocycles. The van der Waals surface area contributed by atoms with Crippen molar-refractivity contribution in [3.05, 3.63) is 89.9 Å². The number of para-hydroxylation sites is 1. The third kappa shape index (κ3) is 3.88. The van der Waals surface area contributed by atoms with Gasteiger partial charge in [0, 0.05) is 31.2 Å². The highest BCUT2D eigenvalue weighted by Gasteiger charge is 2.22. The van der Waals surface area contributed by atoms with Crippen LogP contribution >= 0.6 is 0 Å². The van der Waals surface area contributed by atoms with Gasteiger partial charge in [0.25, 0.3) is 10.0 Å². The van der Waals surface area contributed by atoms with Gasteiger partial charge in [-0.25, -0.2) is 16.8 Å². The number of halogens is 1. The number of ether oxygens (including phenoxy) is 1. The van der Waals surface area contributed by atoms with E-state index in [-0.39, 0.29) is 10.7 Å². The zero-order valence-electron chi connectivity index (χ0n) is 17.5. The summed E-state index contributed by atoms with van der Waals surface area (Å²) in [5, 5.41) is 0.799. The number of aryl methyl sites for hydroxylation is 1. The number of anilines is 1. The first kappa shape index (κ1) is 20.9. The Morgan fingerprint density at radius 2 is 1.81 bits per heavy atom. The Balaban J connectivity index is 1.79. The van der Waals surface area contributed by atoms with E-state index in [1.807, 2.05) is 25.1 Å². The molecule has 0 unspecified atom stereocenters. The zero-order chi connectivity index (χ0) is 22.2.